The molecule has 2 rings (SSSR count). The third-order valence-electron chi connectivity index (χ3n) is 3.09. The maximum atomic E-state index is 12.5. The number of pyridine rings is 1. The second-order valence-corrected chi connectivity index (χ2v) is 4.88. The first kappa shape index (κ1) is 19.6. The van der Waals surface area contributed by atoms with Gasteiger partial charge in [0.15, 0.2) is 0 Å². The van der Waals surface area contributed by atoms with E-state index in [2.05, 4.69) is 9.98 Å². The number of urea groups is 1. The zero-order valence-corrected chi connectivity index (χ0v) is 13.6. The molecule has 9 nitrogen and oxygen atoms in total. The van der Waals surface area contributed by atoms with Crippen molar-refractivity contribution in [1.29, 1.82) is 0 Å². The van der Waals surface area contributed by atoms with Gasteiger partial charge in [0, 0.05) is 24.4 Å². The average Bonchev–Trinajstić information content (AvgIpc) is 2.59. The molecule has 1 aromatic carbocycles. The first-order chi connectivity index (χ1) is 12.6. The van der Waals surface area contributed by atoms with E-state index < -0.39 is 34.3 Å². The molecule has 2 amide bonds. The molecule has 0 aliphatic carbocycles. The molecule has 0 radical (unpaired) electrons. The van der Waals surface area contributed by atoms with Crippen molar-refractivity contribution in [3.05, 3.63) is 57.8 Å². The molecule has 0 saturated heterocycles. The van der Waals surface area contributed by atoms with E-state index in [0.29, 0.717) is 6.20 Å². The lowest BCUT2D eigenvalue weighted by Crippen LogP contribution is -2.14. The largest absolute Gasteiger partial charge is 0.480 e. The van der Waals surface area contributed by atoms with Gasteiger partial charge in [0.25, 0.3) is 5.69 Å². The number of nitrogens with two attached hydrogens (primary N) is 1. The number of ether oxygens (including phenoxy) is 2. The van der Waals surface area contributed by atoms with Crippen molar-refractivity contribution in [1.82, 2.24) is 4.98 Å². The number of rotatable bonds is 4. The predicted molar refractivity (Wildman–Crippen MR) is 85.5 cm³/mol. The summed E-state index contributed by atoms with van der Waals surface area (Å²) in [5.74, 6) is -0.634. The van der Waals surface area contributed by atoms with Crippen LogP contribution in [0.3, 0.4) is 0 Å². The highest BCUT2D eigenvalue weighted by molar-refractivity contribution is 6.03. The molecule has 2 aromatic rings. The van der Waals surface area contributed by atoms with Crippen LogP contribution in [0.25, 0.3) is 0 Å². The summed E-state index contributed by atoms with van der Waals surface area (Å²) in [6.45, 7) is 0. The summed E-state index contributed by atoms with van der Waals surface area (Å²) in [6, 6.07) is 3.96. The van der Waals surface area contributed by atoms with Crippen molar-refractivity contribution < 1.29 is 32.4 Å². The third-order valence-corrected chi connectivity index (χ3v) is 3.09. The Morgan fingerprint density at radius 1 is 1.30 bits per heavy atom. The number of benzene rings is 1. The number of alkyl halides is 3. The van der Waals surface area contributed by atoms with Gasteiger partial charge in [-0.05, 0) is 12.1 Å². The van der Waals surface area contributed by atoms with Gasteiger partial charge >= 0.3 is 12.2 Å². The predicted octanol–water partition coefficient (Wildman–Crippen LogP) is 3.27. The fourth-order valence-electron chi connectivity index (χ4n) is 1.95. The molecule has 0 saturated carbocycles. The van der Waals surface area contributed by atoms with E-state index in [9.17, 15) is 28.1 Å². The van der Waals surface area contributed by atoms with E-state index in [-0.39, 0.29) is 17.2 Å². The van der Waals surface area contributed by atoms with E-state index >= 15 is 0 Å². The van der Waals surface area contributed by atoms with Gasteiger partial charge in [0.05, 0.1) is 17.6 Å². The lowest BCUT2D eigenvalue weighted by molar-refractivity contribution is -0.385. The van der Waals surface area contributed by atoms with Crippen LogP contribution in [0.15, 0.2) is 41.5 Å². The molecule has 0 aliphatic heterocycles. The fourth-order valence-corrected chi connectivity index (χ4v) is 1.95. The Morgan fingerprint density at radius 3 is 2.48 bits per heavy atom. The van der Waals surface area contributed by atoms with Gasteiger partial charge < -0.3 is 15.2 Å². The van der Waals surface area contributed by atoms with Crippen molar-refractivity contribution in [2.45, 2.75) is 6.18 Å². The molecule has 12 heteroatoms. The normalized spacial score (nSPS) is 11.8. The highest BCUT2D eigenvalue weighted by Gasteiger charge is 2.30. The second kappa shape index (κ2) is 7.68. The number of methoxy groups -OCH3 is 1. The number of carbonyl (C=O) groups excluding carboxylic acids is 1. The van der Waals surface area contributed by atoms with Gasteiger partial charge in [0.1, 0.15) is 11.3 Å². The zero-order valence-electron chi connectivity index (χ0n) is 13.6. The van der Waals surface area contributed by atoms with Crippen LogP contribution >= 0.6 is 0 Å². The van der Waals surface area contributed by atoms with Gasteiger partial charge in [0.2, 0.25) is 11.8 Å². The summed E-state index contributed by atoms with van der Waals surface area (Å²) in [5.41, 5.74) is 3.30. The molecular weight excluding hydrogens is 373 g/mol. The molecule has 27 heavy (non-hydrogen) atoms. The summed E-state index contributed by atoms with van der Waals surface area (Å²) < 4.78 is 47.8. The first-order valence-corrected chi connectivity index (χ1v) is 7.04. The van der Waals surface area contributed by atoms with E-state index in [1.165, 1.54) is 6.07 Å². The lowest BCUT2D eigenvalue weighted by Gasteiger charge is -2.10. The van der Waals surface area contributed by atoms with Gasteiger partial charge in [-0.1, -0.05) is 0 Å². The van der Waals surface area contributed by atoms with Crippen molar-refractivity contribution >= 4 is 17.6 Å². The number of aromatic nitrogens is 1. The van der Waals surface area contributed by atoms with Crippen LogP contribution in [0.2, 0.25) is 0 Å². The van der Waals surface area contributed by atoms with Gasteiger partial charge in [-0.2, -0.15) is 18.2 Å². The number of carbonyl (C=O) groups is 1. The van der Waals surface area contributed by atoms with E-state index in [0.717, 1.165) is 31.4 Å². The van der Waals surface area contributed by atoms with Gasteiger partial charge in [-0.15, -0.1) is 0 Å². The van der Waals surface area contributed by atoms with Crippen LogP contribution in [0.1, 0.15) is 11.1 Å². The third kappa shape index (κ3) is 4.90. The summed E-state index contributed by atoms with van der Waals surface area (Å²) in [4.78, 5) is 28.2. The number of nitro benzene ring substituents is 1. The van der Waals surface area contributed by atoms with Crippen LogP contribution in [-0.2, 0) is 10.9 Å². The van der Waals surface area contributed by atoms with Gasteiger partial charge in [-0.3, -0.25) is 10.1 Å². The number of nitro groups is 1. The second-order valence-electron chi connectivity index (χ2n) is 4.88. The molecule has 0 aliphatic rings. The van der Waals surface area contributed by atoms with Crippen molar-refractivity contribution in [3.8, 4) is 11.6 Å². The smallest absolute Gasteiger partial charge is 0.417 e. The number of halogens is 3. The average molecular weight is 384 g/mol. The number of amides is 2. The molecule has 0 atom stereocenters. The molecule has 0 unspecified atom stereocenters. The van der Waals surface area contributed by atoms with Crippen molar-refractivity contribution in [2.75, 3.05) is 7.11 Å². The van der Waals surface area contributed by atoms with E-state index in [1.54, 1.807) is 0 Å². The summed E-state index contributed by atoms with van der Waals surface area (Å²) in [5, 5.41) is 11.1. The van der Waals surface area contributed by atoms with Gasteiger partial charge in [-0.25, -0.2) is 9.78 Å². The Bertz CT molecular complexity index is 897. The van der Waals surface area contributed by atoms with Crippen molar-refractivity contribution in [2.24, 2.45) is 10.7 Å². The number of hydrogen-bond donors (Lipinski definition) is 1. The fraction of sp³-hybridized carbons (Fsp3) is 0.133. The minimum absolute atomic E-state index is 0.0166. The molecule has 1 heterocycles. The minimum atomic E-state index is -4.55. The summed E-state index contributed by atoms with van der Waals surface area (Å²) in [7, 11) is 1.12. The Kier molecular flexibility index (Phi) is 5.58. The SMILES string of the molecule is COC(=NC(N)=O)c1cc(Oc2ccc(C(F)(F)F)cn2)ccc1[N+](=O)[O-]. The summed E-state index contributed by atoms with van der Waals surface area (Å²) in [6.07, 6.45) is -3.97. The van der Waals surface area contributed by atoms with Crippen LogP contribution in [-0.4, -0.2) is 28.9 Å². The van der Waals surface area contributed by atoms with Crippen LogP contribution < -0.4 is 10.5 Å². The molecule has 0 fully saturated rings. The van der Waals surface area contributed by atoms with Crippen LogP contribution in [0.5, 0.6) is 11.6 Å². The molecule has 1 aromatic heterocycles. The number of hydrogen-bond acceptors (Lipinski definition) is 6. The Morgan fingerprint density at radius 2 is 2.00 bits per heavy atom. The van der Waals surface area contributed by atoms with E-state index in [1.807, 2.05) is 0 Å². The monoisotopic (exact) mass is 384 g/mol. The quantitative estimate of drug-likeness (QED) is 0.373. The Labute approximate surface area is 149 Å². The molecular formula is C15H11F3N4O5. The maximum Gasteiger partial charge on any atom is 0.417 e. The summed E-state index contributed by atoms with van der Waals surface area (Å²) >= 11 is 0. The number of primary amides is 1. The lowest BCUT2D eigenvalue weighted by atomic mass is 10.1. The van der Waals surface area contributed by atoms with E-state index in [4.69, 9.17) is 15.2 Å². The molecule has 2 N–H and O–H groups in total. The van der Waals surface area contributed by atoms with Crippen molar-refractivity contribution in [3.63, 3.8) is 0 Å². The first-order valence-electron chi connectivity index (χ1n) is 7.04. The minimum Gasteiger partial charge on any atom is -0.480 e. The standard InChI is InChI=1S/C15H11F3N4O5/c1-26-13(21-14(19)23)10-6-9(3-4-11(10)22(24)25)27-12-5-2-8(7-20-12)15(16,17)18/h2-7H,1H3,(H2,19,23). The number of nitrogens with zero attached hydrogens (tertiary/aromatic N) is 3. The Balaban J connectivity index is 2.40. The molecule has 0 bridgehead atoms. The Hall–Kier alpha value is -3.70. The molecule has 0 spiro atoms. The highest BCUT2D eigenvalue weighted by atomic mass is 19.4. The van der Waals surface area contributed by atoms with Crippen LogP contribution in [0, 0.1) is 10.1 Å². The highest BCUT2D eigenvalue weighted by Crippen LogP contribution is 2.31. The molecule has 142 valence electrons. The maximum absolute atomic E-state index is 12.5. The number of aliphatic imine (C=N–C) groups is 1. The zero-order chi connectivity index (χ0) is 20.2. The topological polar surface area (TPSA) is 130 Å². The van der Waals surface area contributed by atoms with Crippen LogP contribution in [0.4, 0.5) is 23.7 Å².